The first-order valence-electron chi connectivity index (χ1n) is 9.44. The molecule has 5 nitrogen and oxygen atoms in total. The number of carbonyl (C=O) groups excluding carboxylic acids is 3. The Balaban J connectivity index is 1.51. The van der Waals surface area contributed by atoms with Crippen LogP contribution in [-0.2, 0) is 0 Å². The molecule has 4 rings (SSSR count). The van der Waals surface area contributed by atoms with E-state index in [1.807, 2.05) is 4.90 Å². The van der Waals surface area contributed by atoms with Gasteiger partial charge >= 0.3 is 0 Å². The van der Waals surface area contributed by atoms with Crippen LogP contribution < -0.4 is 5.32 Å². The highest BCUT2D eigenvalue weighted by molar-refractivity contribution is 6.22. The van der Waals surface area contributed by atoms with Crippen molar-refractivity contribution < 1.29 is 14.4 Å². The van der Waals surface area contributed by atoms with Crippen molar-refractivity contribution in [1.82, 2.24) is 10.2 Å². The third-order valence-corrected chi connectivity index (χ3v) is 5.95. The fourth-order valence-electron chi connectivity index (χ4n) is 4.62. The summed E-state index contributed by atoms with van der Waals surface area (Å²) in [7, 11) is 0. The molecular formula is C20H24N2O3. The molecule has 2 aliphatic heterocycles. The molecule has 1 aromatic rings. The van der Waals surface area contributed by atoms with Gasteiger partial charge in [0.05, 0.1) is 11.1 Å². The Hall–Kier alpha value is -2.17. The Morgan fingerprint density at radius 3 is 2.56 bits per heavy atom. The number of amides is 3. The van der Waals surface area contributed by atoms with E-state index in [1.165, 1.54) is 32.1 Å². The van der Waals surface area contributed by atoms with Crippen molar-refractivity contribution >= 4 is 17.7 Å². The molecule has 0 radical (unpaired) electrons. The van der Waals surface area contributed by atoms with Crippen molar-refractivity contribution in [3.05, 3.63) is 34.9 Å². The molecule has 1 unspecified atom stereocenters. The number of nitrogens with one attached hydrogen (secondary N) is 1. The SMILES string of the molecule is O=C1NC(=O)c2cc(C(=O)N3CCCC3CC3CCCCC3)ccc21. The Morgan fingerprint density at radius 1 is 1.00 bits per heavy atom. The molecule has 1 atom stereocenters. The summed E-state index contributed by atoms with van der Waals surface area (Å²) in [5, 5.41) is 2.28. The van der Waals surface area contributed by atoms with Gasteiger partial charge in [-0.3, -0.25) is 19.7 Å². The second kappa shape index (κ2) is 6.62. The largest absolute Gasteiger partial charge is 0.336 e. The first-order valence-corrected chi connectivity index (χ1v) is 9.44. The summed E-state index contributed by atoms with van der Waals surface area (Å²) in [6, 6.07) is 5.16. The van der Waals surface area contributed by atoms with Gasteiger partial charge in [0.1, 0.15) is 0 Å². The molecule has 2 heterocycles. The monoisotopic (exact) mass is 340 g/mol. The number of hydrogen-bond acceptors (Lipinski definition) is 3. The lowest BCUT2D eigenvalue weighted by Gasteiger charge is -2.30. The van der Waals surface area contributed by atoms with Crippen LogP contribution in [0.4, 0.5) is 0 Å². The second-order valence-corrected chi connectivity index (χ2v) is 7.58. The zero-order valence-corrected chi connectivity index (χ0v) is 14.4. The topological polar surface area (TPSA) is 66.5 Å². The Bertz CT molecular complexity index is 722. The zero-order valence-electron chi connectivity index (χ0n) is 14.4. The van der Waals surface area contributed by atoms with Gasteiger partial charge in [-0.15, -0.1) is 0 Å². The number of nitrogens with zero attached hydrogens (tertiary/aromatic N) is 1. The highest BCUT2D eigenvalue weighted by atomic mass is 16.2. The number of fused-ring (bicyclic) bond motifs is 1. The van der Waals surface area contributed by atoms with Crippen LogP contribution in [0, 0.1) is 5.92 Å². The van der Waals surface area contributed by atoms with E-state index in [1.54, 1.807) is 18.2 Å². The predicted molar refractivity (Wildman–Crippen MR) is 93.5 cm³/mol. The average Bonchev–Trinajstić information content (AvgIpc) is 3.20. The number of benzene rings is 1. The molecule has 0 aromatic heterocycles. The summed E-state index contributed by atoms with van der Waals surface area (Å²) in [4.78, 5) is 38.5. The Kier molecular flexibility index (Phi) is 4.32. The summed E-state index contributed by atoms with van der Waals surface area (Å²) < 4.78 is 0. The van der Waals surface area contributed by atoms with Gasteiger partial charge in [0, 0.05) is 18.2 Å². The van der Waals surface area contributed by atoms with Crippen molar-refractivity contribution in [2.75, 3.05) is 6.54 Å². The number of rotatable bonds is 3. The molecule has 25 heavy (non-hydrogen) atoms. The van der Waals surface area contributed by atoms with E-state index >= 15 is 0 Å². The van der Waals surface area contributed by atoms with Crippen molar-refractivity contribution in [1.29, 1.82) is 0 Å². The zero-order chi connectivity index (χ0) is 17.4. The Morgan fingerprint density at radius 2 is 1.76 bits per heavy atom. The van der Waals surface area contributed by atoms with Crippen molar-refractivity contribution in [3.63, 3.8) is 0 Å². The van der Waals surface area contributed by atoms with Crippen LogP contribution in [-0.4, -0.2) is 35.2 Å². The quantitative estimate of drug-likeness (QED) is 0.860. The number of imide groups is 1. The minimum Gasteiger partial charge on any atom is -0.336 e. The van der Waals surface area contributed by atoms with E-state index in [0.717, 1.165) is 31.7 Å². The fraction of sp³-hybridized carbons (Fsp3) is 0.550. The van der Waals surface area contributed by atoms with Crippen LogP contribution in [0.15, 0.2) is 18.2 Å². The van der Waals surface area contributed by atoms with Crippen LogP contribution in [0.5, 0.6) is 0 Å². The van der Waals surface area contributed by atoms with Gasteiger partial charge in [0.2, 0.25) is 0 Å². The van der Waals surface area contributed by atoms with E-state index in [-0.39, 0.29) is 11.8 Å². The molecule has 3 aliphatic rings. The van der Waals surface area contributed by atoms with Gasteiger partial charge in [0.15, 0.2) is 0 Å². The third-order valence-electron chi connectivity index (χ3n) is 5.95. The first-order chi connectivity index (χ1) is 12.1. The molecule has 1 N–H and O–H groups in total. The van der Waals surface area contributed by atoms with Crippen LogP contribution in [0.2, 0.25) is 0 Å². The van der Waals surface area contributed by atoms with Crippen molar-refractivity contribution in [2.24, 2.45) is 5.92 Å². The molecule has 5 heteroatoms. The normalized spacial score (nSPS) is 23.7. The molecule has 0 bridgehead atoms. The third kappa shape index (κ3) is 3.08. The van der Waals surface area contributed by atoms with Crippen molar-refractivity contribution in [3.8, 4) is 0 Å². The molecule has 1 saturated carbocycles. The Labute approximate surface area is 147 Å². The summed E-state index contributed by atoms with van der Waals surface area (Å²) in [5.41, 5.74) is 1.19. The molecular weight excluding hydrogens is 316 g/mol. The van der Waals surface area contributed by atoms with Gasteiger partial charge in [0.25, 0.3) is 17.7 Å². The molecule has 1 aliphatic carbocycles. The standard InChI is InChI=1S/C20H24N2O3/c23-18-16-9-8-14(12-17(16)19(24)21-18)20(25)22-10-4-7-15(22)11-13-5-2-1-3-6-13/h8-9,12-13,15H,1-7,10-11H2,(H,21,23,24). The molecule has 1 saturated heterocycles. The maximum absolute atomic E-state index is 13.0. The summed E-state index contributed by atoms with van der Waals surface area (Å²) in [6.07, 6.45) is 9.80. The van der Waals surface area contributed by atoms with Gasteiger partial charge in [-0.1, -0.05) is 32.1 Å². The molecule has 3 amide bonds. The average molecular weight is 340 g/mol. The first kappa shape index (κ1) is 16.3. The maximum atomic E-state index is 13.0. The van der Waals surface area contributed by atoms with E-state index in [4.69, 9.17) is 0 Å². The van der Waals surface area contributed by atoms with Crippen LogP contribution >= 0.6 is 0 Å². The van der Waals surface area contributed by atoms with Crippen LogP contribution in [0.3, 0.4) is 0 Å². The minimum atomic E-state index is -0.408. The van der Waals surface area contributed by atoms with Gasteiger partial charge < -0.3 is 4.90 Å². The van der Waals surface area contributed by atoms with Crippen molar-refractivity contribution in [2.45, 2.75) is 57.4 Å². The maximum Gasteiger partial charge on any atom is 0.258 e. The summed E-state index contributed by atoms with van der Waals surface area (Å²) >= 11 is 0. The van der Waals surface area contributed by atoms with Crippen LogP contribution in [0.25, 0.3) is 0 Å². The molecule has 132 valence electrons. The summed E-state index contributed by atoms with van der Waals surface area (Å²) in [5.74, 6) is -0.0472. The summed E-state index contributed by atoms with van der Waals surface area (Å²) in [6.45, 7) is 0.790. The number of carbonyl (C=O) groups is 3. The van der Waals surface area contributed by atoms with E-state index in [2.05, 4.69) is 5.32 Å². The van der Waals surface area contributed by atoms with E-state index in [9.17, 15) is 14.4 Å². The minimum absolute atomic E-state index is 0.00624. The predicted octanol–water partition coefficient (Wildman–Crippen LogP) is 3.15. The van der Waals surface area contributed by atoms with E-state index < -0.39 is 5.91 Å². The lowest BCUT2D eigenvalue weighted by molar-refractivity contribution is 0.0711. The molecule has 0 spiro atoms. The lowest BCUT2D eigenvalue weighted by atomic mass is 9.84. The molecule has 1 aromatic carbocycles. The number of hydrogen-bond donors (Lipinski definition) is 1. The highest BCUT2D eigenvalue weighted by Crippen LogP contribution is 2.33. The highest BCUT2D eigenvalue weighted by Gasteiger charge is 2.33. The number of likely N-dealkylation sites (tertiary alicyclic amines) is 1. The molecule has 2 fully saturated rings. The lowest BCUT2D eigenvalue weighted by Crippen LogP contribution is -2.37. The second-order valence-electron chi connectivity index (χ2n) is 7.58. The van der Waals surface area contributed by atoms with Gasteiger partial charge in [-0.2, -0.15) is 0 Å². The van der Waals surface area contributed by atoms with Gasteiger partial charge in [-0.05, 0) is 43.4 Å². The van der Waals surface area contributed by atoms with Gasteiger partial charge in [-0.25, -0.2) is 0 Å². The fourth-order valence-corrected chi connectivity index (χ4v) is 4.62. The van der Waals surface area contributed by atoms with E-state index in [0.29, 0.717) is 22.7 Å². The van der Waals surface area contributed by atoms with Crippen LogP contribution in [0.1, 0.15) is 82.4 Å². The smallest absolute Gasteiger partial charge is 0.258 e.